The standard InChI is InChI=1S/C29H27N5O6/c1-36-22-7-9-23(10-8-22)40-28-24(32-27(35)19-2-11-25-26(16-19)39-18-38-25)17-30-29(33-28)31-20-3-5-21(6-4-20)34-12-14-37-15-13-34/h2-11,16-17H,12-15,18H2,1H3,(H,32,35)(H,30,31,33). The number of hydrogen-bond acceptors (Lipinski definition) is 10. The largest absolute Gasteiger partial charge is 0.497 e. The molecule has 0 atom stereocenters. The van der Waals surface area contributed by atoms with Gasteiger partial charge in [0.25, 0.3) is 5.91 Å². The Balaban J connectivity index is 1.23. The molecule has 11 nitrogen and oxygen atoms in total. The molecular weight excluding hydrogens is 514 g/mol. The molecule has 204 valence electrons. The SMILES string of the molecule is COc1ccc(Oc2nc(Nc3ccc(N4CCOCC4)cc3)ncc2NC(=O)c2ccc3c(c2)OCO3)cc1. The van der Waals surface area contributed by atoms with Gasteiger partial charge in [0.2, 0.25) is 18.6 Å². The molecule has 0 unspecified atom stereocenters. The first-order chi connectivity index (χ1) is 19.6. The zero-order chi connectivity index (χ0) is 27.3. The molecule has 3 aromatic carbocycles. The molecule has 1 saturated heterocycles. The van der Waals surface area contributed by atoms with Crippen LogP contribution in [0.2, 0.25) is 0 Å². The second-order valence-electron chi connectivity index (χ2n) is 8.98. The van der Waals surface area contributed by atoms with Crippen LogP contribution < -0.4 is 34.5 Å². The van der Waals surface area contributed by atoms with E-state index in [1.54, 1.807) is 49.6 Å². The van der Waals surface area contributed by atoms with Crippen molar-refractivity contribution in [2.24, 2.45) is 0 Å². The molecule has 6 rings (SSSR count). The van der Waals surface area contributed by atoms with Crippen molar-refractivity contribution in [2.75, 3.05) is 55.7 Å². The lowest BCUT2D eigenvalue weighted by atomic mass is 10.2. The van der Waals surface area contributed by atoms with Gasteiger partial charge in [-0.15, -0.1) is 0 Å². The van der Waals surface area contributed by atoms with Gasteiger partial charge in [-0.2, -0.15) is 4.98 Å². The number of hydrogen-bond donors (Lipinski definition) is 2. The van der Waals surface area contributed by atoms with Crippen molar-refractivity contribution in [3.05, 3.63) is 78.5 Å². The number of amides is 1. The van der Waals surface area contributed by atoms with E-state index in [4.69, 9.17) is 23.7 Å². The van der Waals surface area contributed by atoms with Gasteiger partial charge in [0.05, 0.1) is 26.5 Å². The Labute approximate surface area is 230 Å². The Morgan fingerprint density at radius 1 is 0.925 bits per heavy atom. The number of morpholine rings is 1. The normalized spacial score (nSPS) is 14.0. The molecule has 2 aliphatic rings. The number of rotatable bonds is 8. The summed E-state index contributed by atoms with van der Waals surface area (Å²) < 4.78 is 27.5. The summed E-state index contributed by atoms with van der Waals surface area (Å²) in [7, 11) is 1.59. The smallest absolute Gasteiger partial charge is 0.255 e. The van der Waals surface area contributed by atoms with Crippen LogP contribution in [0.25, 0.3) is 0 Å². The Bertz CT molecular complexity index is 1490. The van der Waals surface area contributed by atoms with Crippen molar-refractivity contribution in [3.63, 3.8) is 0 Å². The number of nitrogens with zero attached hydrogens (tertiary/aromatic N) is 3. The molecule has 1 aromatic heterocycles. The highest BCUT2D eigenvalue weighted by molar-refractivity contribution is 6.05. The van der Waals surface area contributed by atoms with E-state index in [1.807, 2.05) is 24.3 Å². The molecule has 0 spiro atoms. The van der Waals surface area contributed by atoms with Crippen LogP contribution in [0.5, 0.6) is 28.9 Å². The highest BCUT2D eigenvalue weighted by Gasteiger charge is 2.19. The summed E-state index contributed by atoms with van der Waals surface area (Å²) in [6.07, 6.45) is 1.50. The average Bonchev–Trinajstić information content (AvgIpc) is 3.48. The lowest BCUT2D eigenvalue weighted by Crippen LogP contribution is -2.36. The zero-order valence-electron chi connectivity index (χ0n) is 21.8. The molecule has 2 N–H and O–H groups in total. The minimum Gasteiger partial charge on any atom is -0.497 e. The van der Waals surface area contributed by atoms with Gasteiger partial charge >= 0.3 is 0 Å². The van der Waals surface area contributed by atoms with E-state index in [-0.39, 0.29) is 18.6 Å². The molecule has 0 aliphatic carbocycles. The number of ether oxygens (including phenoxy) is 5. The molecule has 1 amide bonds. The van der Waals surface area contributed by atoms with Crippen LogP contribution in [-0.2, 0) is 4.74 Å². The summed E-state index contributed by atoms with van der Waals surface area (Å²) in [6.45, 7) is 3.30. The number of carbonyl (C=O) groups excluding carboxylic acids is 1. The summed E-state index contributed by atoms with van der Waals surface area (Å²) in [6, 6.07) is 20.0. The maximum absolute atomic E-state index is 13.1. The third-order valence-electron chi connectivity index (χ3n) is 6.41. The van der Waals surface area contributed by atoms with Gasteiger partial charge in [0.1, 0.15) is 17.2 Å². The van der Waals surface area contributed by atoms with E-state index < -0.39 is 0 Å². The maximum Gasteiger partial charge on any atom is 0.255 e. The molecular formula is C29H27N5O6. The van der Waals surface area contributed by atoms with Gasteiger partial charge in [0, 0.05) is 30.0 Å². The Kier molecular flexibility index (Phi) is 7.18. The first-order valence-electron chi connectivity index (χ1n) is 12.7. The molecule has 0 bridgehead atoms. The topological polar surface area (TPSA) is 116 Å². The summed E-state index contributed by atoms with van der Waals surface area (Å²) in [4.78, 5) is 24.3. The van der Waals surface area contributed by atoms with Crippen LogP contribution in [0, 0.1) is 0 Å². The molecule has 0 radical (unpaired) electrons. The van der Waals surface area contributed by atoms with Crippen LogP contribution in [-0.4, -0.2) is 56.1 Å². The van der Waals surface area contributed by atoms with Gasteiger partial charge in [0.15, 0.2) is 11.5 Å². The number of fused-ring (bicyclic) bond motifs is 1. The lowest BCUT2D eigenvalue weighted by Gasteiger charge is -2.28. The van der Waals surface area contributed by atoms with Crippen molar-refractivity contribution in [2.45, 2.75) is 0 Å². The monoisotopic (exact) mass is 541 g/mol. The minimum atomic E-state index is -0.374. The maximum atomic E-state index is 13.1. The number of nitrogens with one attached hydrogen (secondary N) is 2. The summed E-state index contributed by atoms with van der Waals surface area (Å²) in [5.74, 6) is 2.41. The second-order valence-corrected chi connectivity index (χ2v) is 8.98. The highest BCUT2D eigenvalue weighted by atomic mass is 16.7. The van der Waals surface area contributed by atoms with Crippen molar-refractivity contribution >= 4 is 28.9 Å². The molecule has 2 aliphatic heterocycles. The van der Waals surface area contributed by atoms with E-state index in [0.29, 0.717) is 40.2 Å². The highest BCUT2D eigenvalue weighted by Crippen LogP contribution is 2.34. The molecule has 0 saturated carbocycles. The molecule has 3 heterocycles. The predicted molar refractivity (Wildman–Crippen MR) is 148 cm³/mol. The molecule has 40 heavy (non-hydrogen) atoms. The Morgan fingerprint density at radius 2 is 1.68 bits per heavy atom. The number of aromatic nitrogens is 2. The lowest BCUT2D eigenvalue weighted by molar-refractivity contribution is 0.102. The fraction of sp³-hybridized carbons (Fsp3) is 0.207. The Morgan fingerprint density at radius 3 is 2.45 bits per heavy atom. The van der Waals surface area contributed by atoms with Gasteiger partial charge in [-0.25, -0.2) is 4.98 Å². The average molecular weight is 542 g/mol. The van der Waals surface area contributed by atoms with Gasteiger partial charge in [-0.3, -0.25) is 4.79 Å². The van der Waals surface area contributed by atoms with Crippen molar-refractivity contribution < 1.29 is 28.5 Å². The van der Waals surface area contributed by atoms with Crippen LogP contribution in [0.4, 0.5) is 23.0 Å². The quantitative estimate of drug-likeness (QED) is 0.321. The van der Waals surface area contributed by atoms with Crippen molar-refractivity contribution in [1.29, 1.82) is 0 Å². The summed E-state index contributed by atoms with van der Waals surface area (Å²) in [5.41, 5.74) is 2.62. The van der Waals surface area contributed by atoms with Gasteiger partial charge in [-0.05, 0) is 66.7 Å². The predicted octanol–water partition coefficient (Wildman–Crippen LogP) is 4.84. The first kappa shape index (κ1) is 25.3. The fourth-order valence-corrected chi connectivity index (χ4v) is 4.28. The summed E-state index contributed by atoms with van der Waals surface area (Å²) in [5, 5.41) is 6.05. The van der Waals surface area contributed by atoms with Gasteiger partial charge < -0.3 is 39.2 Å². The number of anilines is 4. The zero-order valence-corrected chi connectivity index (χ0v) is 21.8. The molecule has 11 heteroatoms. The van der Waals surface area contributed by atoms with Crippen molar-refractivity contribution in [1.82, 2.24) is 9.97 Å². The molecule has 1 fully saturated rings. The Hall–Kier alpha value is -5.03. The van der Waals surface area contributed by atoms with Crippen LogP contribution >= 0.6 is 0 Å². The second kappa shape index (κ2) is 11.4. The summed E-state index contributed by atoms with van der Waals surface area (Å²) >= 11 is 0. The van der Waals surface area contributed by atoms with E-state index >= 15 is 0 Å². The number of carbonyl (C=O) groups is 1. The number of benzene rings is 3. The first-order valence-corrected chi connectivity index (χ1v) is 12.7. The van der Waals surface area contributed by atoms with Crippen LogP contribution in [0.3, 0.4) is 0 Å². The number of methoxy groups -OCH3 is 1. The minimum absolute atomic E-state index is 0.124. The fourth-order valence-electron chi connectivity index (χ4n) is 4.28. The van der Waals surface area contributed by atoms with E-state index in [9.17, 15) is 4.79 Å². The van der Waals surface area contributed by atoms with E-state index in [1.165, 1.54) is 6.20 Å². The van der Waals surface area contributed by atoms with Crippen LogP contribution in [0.1, 0.15) is 10.4 Å². The van der Waals surface area contributed by atoms with Crippen molar-refractivity contribution in [3.8, 4) is 28.9 Å². The third kappa shape index (κ3) is 5.69. The van der Waals surface area contributed by atoms with E-state index in [0.717, 1.165) is 37.7 Å². The van der Waals surface area contributed by atoms with E-state index in [2.05, 4.69) is 25.5 Å². The third-order valence-corrected chi connectivity index (χ3v) is 6.41. The van der Waals surface area contributed by atoms with Gasteiger partial charge in [-0.1, -0.05) is 0 Å². The van der Waals surface area contributed by atoms with Crippen LogP contribution in [0.15, 0.2) is 72.9 Å². The molecule has 4 aromatic rings.